The monoisotopic (exact) mass is 2160 g/mol. The maximum absolute atomic E-state index is 5.84. The average Bonchev–Trinajstić information content (AvgIpc) is 1.54. The Morgan fingerprint density at radius 1 is 0.220 bits per heavy atom. The van der Waals surface area contributed by atoms with E-state index in [9.17, 15) is 0 Å². The van der Waals surface area contributed by atoms with Gasteiger partial charge in [-0.05, 0) is 277 Å². The van der Waals surface area contributed by atoms with Crippen LogP contribution in [-0.4, -0.2) is 0 Å². The predicted octanol–water partition coefficient (Wildman–Crippen LogP) is 18.1. The lowest BCUT2D eigenvalue weighted by Gasteiger charge is -2.06. The molecule has 8 heterocycles. The summed E-state index contributed by atoms with van der Waals surface area (Å²) in [6.07, 6.45) is 0. The van der Waals surface area contributed by atoms with Crippen LogP contribution in [0, 0.1) is 39.2 Å². The second-order valence-electron chi connectivity index (χ2n) is 23.6. The molecule has 12 aromatic carbocycles. The van der Waals surface area contributed by atoms with Crippen molar-refractivity contribution in [3.05, 3.63) is 165 Å². The third-order valence-electron chi connectivity index (χ3n) is 18.9. The molecule has 0 aliphatic heterocycles. The van der Waals surface area contributed by atoms with Crippen LogP contribution < -0.4 is 89.6 Å². The molecular formula is C68H40Br4I4N16S8. The Hall–Kier alpha value is -4.92. The maximum Gasteiger partial charge on any atom is 0.0995 e. The largest absolute Gasteiger partial charge is 0.323 e. The fraction of sp³-hybridized carbons (Fsp3) is 0.0588. The first kappa shape index (κ1) is 68.2. The number of thiophene rings is 8. The van der Waals surface area contributed by atoms with Crippen LogP contribution in [0.15, 0.2) is 129 Å². The van der Waals surface area contributed by atoms with Crippen LogP contribution in [-0.2, 0) is 0 Å². The lowest BCUT2D eigenvalue weighted by molar-refractivity contribution is 1.17. The van der Waals surface area contributed by atoms with Crippen molar-refractivity contribution in [2.24, 2.45) is 87.6 Å². The Labute approximate surface area is 681 Å². The highest BCUT2D eigenvalue weighted by Gasteiger charge is 2.27. The van der Waals surface area contributed by atoms with E-state index in [1.165, 1.54) is 104 Å². The Kier molecular flexibility index (Phi) is 17.3. The number of hydrogen-bond donors (Lipinski definition) is 8. The first-order valence-electron chi connectivity index (χ1n) is 29.6. The lowest BCUT2D eigenvalue weighted by atomic mass is 9.98. The van der Waals surface area contributed by atoms with Gasteiger partial charge in [0, 0.05) is 167 Å². The van der Waals surface area contributed by atoms with Crippen LogP contribution >= 0.6 is 245 Å². The van der Waals surface area contributed by atoms with E-state index in [0.29, 0.717) is 0 Å². The summed E-state index contributed by atoms with van der Waals surface area (Å²) in [5.74, 6) is 46.1. The van der Waals surface area contributed by atoms with Crippen LogP contribution in [0.5, 0.6) is 0 Å². The second kappa shape index (κ2) is 25.4. The molecular weight excluding hydrogens is 2120 g/mol. The highest BCUT2D eigenvalue weighted by molar-refractivity contribution is 14.1. The molecule has 0 aliphatic carbocycles. The number of rotatable bonds is 0. The molecule has 0 atom stereocenters. The van der Waals surface area contributed by atoms with Gasteiger partial charge < -0.3 is 46.7 Å². The van der Waals surface area contributed by atoms with Gasteiger partial charge in [-0.2, -0.15) is 40.8 Å². The standard InChI is InChI=1S/C18H12Br2N4S2.C18H12I2N4S2.C16H8Br2N4S2.C16H8I2N4S2/c2*1-5-11-14(18-7(15(11)23-21)3-10(20)26-18)6(2)12-13(5)17-8(16(12)24-22)4-9(19)25-17;2*17-11-4-10-14(22-20)6-2-8-5(1-7(6)15(10)23-11)13(21-19)9-3-12(18)24-16(8)9/h2*3-4H,21-22H2,1-2H3;2*1-4H,19-20H2/b2*23-15+,24-16+;2*21-13-,22-14-. The van der Waals surface area contributed by atoms with E-state index in [0.717, 1.165) is 155 Å². The molecule has 0 bridgehead atoms. The topological polar surface area (TPSA) is 307 Å². The van der Waals surface area contributed by atoms with E-state index in [1.807, 2.05) is 0 Å². The average molecular weight is 2160 g/mol. The van der Waals surface area contributed by atoms with E-state index in [-0.39, 0.29) is 0 Å². The number of benzene rings is 4. The molecule has 20 aromatic rings. The number of nitrogens with two attached hydrogens (primary N) is 8. The minimum Gasteiger partial charge on any atom is -0.323 e. The third-order valence-corrected chi connectivity index (χ3v) is 33.2. The molecule has 20 rings (SSSR count). The molecule has 0 unspecified atom stereocenters. The maximum atomic E-state index is 5.84. The molecule has 0 fully saturated rings. The van der Waals surface area contributed by atoms with Crippen molar-refractivity contribution in [1.82, 2.24) is 0 Å². The van der Waals surface area contributed by atoms with Gasteiger partial charge in [0.05, 0.1) is 69.5 Å². The molecule has 32 heteroatoms. The first-order chi connectivity index (χ1) is 48.2. The van der Waals surface area contributed by atoms with Crippen LogP contribution in [0.2, 0.25) is 0 Å². The number of hydrogen-bond acceptors (Lipinski definition) is 24. The summed E-state index contributed by atoms with van der Waals surface area (Å²) < 4.78 is 18.9. The summed E-state index contributed by atoms with van der Waals surface area (Å²) in [6.45, 7) is 8.62. The molecule has 0 spiro atoms. The van der Waals surface area contributed by atoms with Gasteiger partial charge in [0.1, 0.15) is 0 Å². The van der Waals surface area contributed by atoms with E-state index in [4.69, 9.17) is 46.7 Å². The quantitative estimate of drug-likeness (QED) is 0.0409. The van der Waals surface area contributed by atoms with E-state index < -0.39 is 0 Å². The SMILES string of the molecule is Cc1c2/c(=N/N)c3cc(Br)sc3c2c(C)c2/c(=N/N)c3cc(Br)sc3c12.Cc1c2/c(=N/N)c3cc(I)sc3c2c(C)c2/c(=N/N)c3cc(I)sc3c12.N/N=c1/c2cc3c(cc2c2sc(Br)cc12)/c(=N/N)c1cc(Br)sc13.N/N=c1/c2cc3c(cc2c2sc(I)cc12)/c(=N/N)c1cc(I)sc13. The molecule has 16 nitrogen and oxygen atoms in total. The first-order valence-corrected chi connectivity index (χ1v) is 43.6. The van der Waals surface area contributed by atoms with Crippen LogP contribution in [0.4, 0.5) is 0 Å². The summed E-state index contributed by atoms with van der Waals surface area (Å²) in [6, 6.07) is 25.7. The zero-order valence-electron chi connectivity index (χ0n) is 51.4. The lowest BCUT2D eigenvalue weighted by Crippen LogP contribution is -2.07. The van der Waals surface area contributed by atoms with Gasteiger partial charge in [0.25, 0.3) is 0 Å². The van der Waals surface area contributed by atoms with Gasteiger partial charge in [-0.25, -0.2) is 0 Å². The molecule has 8 aromatic heterocycles. The molecule has 0 radical (unpaired) electrons. The summed E-state index contributed by atoms with van der Waals surface area (Å²) in [7, 11) is 0. The van der Waals surface area contributed by atoms with Gasteiger partial charge in [-0.1, -0.05) is 0 Å². The molecule has 0 aliphatic rings. The molecule has 0 amide bonds. The number of fused-ring (bicyclic) bond motifs is 24. The van der Waals surface area contributed by atoms with Crippen molar-refractivity contribution < 1.29 is 0 Å². The molecule has 0 saturated carbocycles. The van der Waals surface area contributed by atoms with Crippen molar-refractivity contribution in [2.75, 3.05) is 0 Å². The van der Waals surface area contributed by atoms with Gasteiger partial charge in [-0.3, -0.25) is 0 Å². The number of nitrogens with zero attached hydrogens (tertiary/aromatic N) is 8. The molecule has 496 valence electrons. The van der Waals surface area contributed by atoms with Gasteiger partial charge in [0.15, 0.2) is 0 Å². The zero-order valence-corrected chi connectivity index (χ0v) is 72.9. The Morgan fingerprint density at radius 3 is 0.640 bits per heavy atom. The van der Waals surface area contributed by atoms with Crippen molar-refractivity contribution in [1.29, 1.82) is 0 Å². The third kappa shape index (κ3) is 9.85. The van der Waals surface area contributed by atoms with Crippen molar-refractivity contribution in [2.45, 2.75) is 27.7 Å². The Morgan fingerprint density at radius 2 is 0.400 bits per heavy atom. The molecule has 100 heavy (non-hydrogen) atoms. The minimum absolute atomic E-state index is 0.833. The summed E-state index contributed by atoms with van der Waals surface area (Å²) in [5.41, 5.74) is 4.78. The zero-order chi connectivity index (χ0) is 69.8. The Balaban J connectivity index is 0.0000000997. The van der Waals surface area contributed by atoms with E-state index in [2.05, 4.69) is 295 Å². The fourth-order valence-electron chi connectivity index (χ4n) is 15.1. The molecule has 0 saturated heterocycles. The highest BCUT2D eigenvalue weighted by atomic mass is 127. The van der Waals surface area contributed by atoms with Crippen LogP contribution in [0.3, 0.4) is 0 Å². The van der Waals surface area contributed by atoms with Crippen molar-refractivity contribution in [3.8, 4) is 0 Å². The molecule has 16 N–H and O–H groups in total. The number of aryl methyl sites for hydroxylation is 4. The second-order valence-corrected chi connectivity index (χ2v) is 45.1. The van der Waals surface area contributed by atoms with Crippen LogP contribution in [0.1, 0.15) is 22.3 Å². The summed E-state index contributed by atoms with van der Waals surface area (Å²) in [4.78, 5) is 0. The van der Waals surface area contributed by atoms with Gasteiger partial charge in [-0.15, -0.1) is 90.7 Å². The van der Waals surface area contributed by atoms with E-state index >= 15 is 0 Å². The normalized spacial score (nSPS) is 14.2. The van der Waals surface area contributed by atoms with Gasteiger partial charge in [0.2, 0.25) is 0 Å². The summed E-state index contributed by atoms with van der Waals surface area (Å²) >= 11 is 37.6. The summed E-state index contributed by atoms with van der Waals surface area (Å²) in [5, 5.41) is 67.1. The van der Waals surface area contributed by atoms with Gasteiger partial charge >= 0.3 is 0 Å². The smallest absolute Gasteiger partial charge is 0.0995 e. The predicted molar refractivity (Wildman–Crippen MR) is 477 cm³/mol. The highest BCUT2D eigenvalue weighted by Crippen LogP contribution is 2.48. The Bertz CT molecular complexity index is 6700. The minimum atomic E-state index is 0.833. The number of halogens is 8. The van der Waals surface area contributed by atoms with Crippen molar-refractivity contribution >= 4 is 412 Å². The van der Waals surface area contributed by atoms with Crippen molar-refractivity contribution in [3.63, 3.8) is 0 Å². The van der Waals surface area contributed by atoms with E-state index in [1.54, 1.807) is 90.7 Å². The fourth-order valence-corrected chi connectivity index (χ4v) is 29.5. The van der Waals surface area contributed by atoms with Crippen LogP contribution in [0.25, 0.3) is 167 Å².